The first-order valence-electron chi connectivity index (χ1n) is 9.77. The Balaban J connectivity index is 1.91. The lowest BCUT2D eigenvalue weighted by Gasteiger charge is -2.43. The van der Waals surface area contributed by atoms with E-state index in [9.17, 15) is 19.5 Å². The van der Waals surface area contributed by atoms with Crippen LogP contribution in [-0.2, 0) is 4.79 Å². The van der Waals surface area contributed by atoms with Crippen LogP contribution in [0.5, 0.6) is 0 Å². The summed E-state index contributed by atoms with van der Waals surface area (Å²) in [5.74, 6) is -1.83. The van der Waals surface area contributed by atoms with Crippen molar-refractivity contribution in [2.75, 3.05) is 0 Å². The first-order chi connectivity index (χ1) is 14.6. The van der Waals surface area contributed by atoms with E-state index >= 15 is 0 Å². The van der Waals surface area contributed by atoms with Crippen molar-refractivity contribution in [3.05, 3.63) is 69.2 Å². The lowest BCUT2D eigenvalue weighted by Crippen LogP contribution is -2.59. The van der Waals surface area contributed by atoms with Crippen molar-refractivity contribution >= 4 is 46.4 Å². The summed E-state index contributed by atoms with van der Waals surface area (Å²) in [5, 5.41) is 13.9. The van der Waals surface area contributed by atoms with Gasteiger partial charge in [0.05, 0.1) is 32.9 Å². The number of nitrogens with one attached hydrogen (secondary N) is 1. The van der Waals surface area contributed by atoms with Gasteiger partial charge in [-0.15, -0.1) is 0 Å². The van der Waals surface area contributed by atoms with Gasteiger partial charge in [-0.1, -0.05) is 55.2 Å². The van der Waals surface area contributed by atoms with Gasteiger partial charge in [0.15, 0.2) is 17.0 Å². The highest BCUT2D eigenvalue weighted by atomic mass is 35.5. The molecule has 160 valence electrons. The number of ketones is 2. The van der Waals surface area contributed by atoms with E-state index in [-0.39, 0.29) is 44.5 Å². The van der Waals surface area contributed by atoms with Gasteiger partial charge in [-0.3, -0.25) is 9.59 Å². The number of hydrazone groups is 1. The number of carboxylic acid groups (broad SMARTS) is 1. The van der Waals surface area contributed by atoms with Gasteiger partial charge in [0.2, 0.25) is 0 Å². The van der Waals surface area contributed by atoms with Gasteiger partial charge in [-0.05, 0) is 41.7 Å². The Morgan fingerprint density at radius 3 is 2.29 bits per heavy atom. The number of Topliss-reactive ketones (excluding diaryl/α,β-unsaturated/α-hetero) is 2. The van der Waals surface area contributed by atoms with E-state index in [1.165, 1.54) is 12.1 Å². The van der Waals surface area contributed by atoms with Gasteiger partial charge in [0, 0.05) is 6.42 Å². The van der Waals surface area contributed by atoms with Crippen molar-refractivity contribution in [2.24, 2.45) is 15.9 Å². The Kier molecular flexibility index (Phi) is 5.18. The fourth-order valence-electron chi connectivity index (χ4n) is 4.58. The molecule has 2 aromatic carbocycles. The molecule has 0 amide bonds. The molecular formula is C23H20Cl2N2O4. The second-order valence-electron chi connectivity index (χ2n) is 8.73. The molecule has 2 N–H and O–H groups in total. The fraction of sp³-hybridized carbons (Fsp3) is 0.304. The summed E-state index contributed by atoms with van der Waals surface area (Å²) in [6.45, 7) is 3.95. The average molecular weight is 459 g/mol. The predicted molar refractivity (Wildman–Crippen MR) is 118 cm³/mol. The highest BCUT2D eigenvalue weighted by molar-refractivity contribution is 6.44. The second-order valence-corrected chi connectivity index (χ2v) is 9.54. The number of hydrogen-bond donors (Lipinski definition) is 2. The number of carbonyl (C=O) groups excluding carboxylic acids is 2. The second kappa shape index (κ2) is 7.46. The summed E-state index contributed by atoms with van der Waals surface area (Å²) in [6, 6.07) is 10.1. The zero-order chi connectivity index (χ0) is 22.6. The van der Waals surface area contributed by atoms with Crippen molar-refractivity contribution in [1.29, 1.82) is 0 Å². The maximum Gasteiger partial charge on any atom is 0.335 e. The lowest BCUT2D eigenvalue weighted by molar-refractivity contribution is -0.129. The van der Waals surface area contributed by atoms with Crippen LogP contribution in [0, 0.1) is 10.8 Å². The summed E-state index contributed by atoms with van der Waals surface area (Å²) in [5.41, 5.74) is 2.01. The van der Waals surface area contributed by atoms with Gasteiger partial charge in [0.1, 0.15) is 0 Å². The Labute approximate surface area is 189 Å². The summed E-state index contributed by atoms with van der Waals surface area (Å²) >= 11 is 12.7. The molecule has 1 saturated carbocycles. The van der Waals surface area contributed by atoms with Crippen LogP contribution in [0.25, 0.3) is 0 Å². The van der Waals surface area contributed by atoms with Crippen LogP contribution in [0.1, 0.15) is 53.0 Å². The topological polar surface area (TPSA) is 95.8 Å². The number of carboxylic acids is 1. The van der Waals surface area contributed by atoms with Gasteiger partial charge in [-0.25, -0.2) is 4.79 Å². The number of halogens is 2. The Hall–Kier alpha value is -2.70. The molecule has 6 nitrogen and oxygen atoms in total. The Morgan fingerprint density at radius 2 is 1.71 bits per heavy atom. The van der Waals surface area contributed by atoms with Gasteiger partial charge < -0.3 is 10.5 Å². The van der Waals surface area contributed by atoms with Crippen LogP contribution >= 0.6 is 23.2 Å². The van der Waals surface area contributed by atoms with Crippen LogP contribution in [0.2, 0.25) is 10.0 Å². The minimum Gasteiger partial charge on any atom is -0.478 e. The van der Waals surface area contributed by atoms with E-state index in [1.54, 1.807) is 30.3 Å². The lowest BCUT2D eigenvalue weighted by atomic mass is 9.56. The normalized spacial score (nSPS) is 24.2. The molecule has 2 aromatic rings. The smallest absolute Gasteiger partial charge is 0.335 e. The molecule has 1 aliphatic carbocycles. The van der Waals surface area contributed by atoms with Crippen molar-refractivity contribution in [1.82, 2.24) is 5.43 Å². The van der Waals surface area contributed by atoms with Crippen molar-refractivity contribution in [3.8, 4) is 0 Å². The van der Waals surface area contributed by atoms with E-state index in [0.717, 1.165) is 0 Å². The number of rotatable bonds is 4. The first-order valence-corrected chi connectivity index (χ1v) is 10.5. The largest absolute Gasteiger partial charge is 0.478 e. The minimum atomic E-state index is -1.60. The zero-order valence-electron chi connectivity index (χ0n) is 16.9. The SMILES string of the molecule is CC1(C)CC(=O)C2(C(=O)c3c(Cl)cccc3Cl)C(c3ccc(C(=O)O)cc3)=NNC2C1. The average Bonchev–Trinajstić information content (AvgIpc) is 3.07. The molecule has 1 aliphatic heterocycles. The molecule has 0 aromatic heterocycles. The van der Waals surface area contributed by atoms with Gasteiger partial charge in [0.25, 0.3) is 0 Å². The van der Waals surface area contributed by atoms with Crippen LogP contribution < -0.4 is 5.43 Å². The summed E-state index contributed by atoms with van der Waals surface area (Å²) < 4.78 is 0. The van der Waals surface area contributed by atoms with Gasteiger partial charge >= 0.3 is 5.97 Å². The van der Waals surface area contributed by atoms with Crippen LogP contribution in [-0.4, -0.2) is 34.4 Å². The Morgan fingerprint density at radius 1 is 1.10 bits per heavy atom. The van der Waals surface area contributed by atoms with Crippen LogP contribution in [0.15, 0.2) is 47.6 Å². The summed E-state index contributed by atoms with van der Waals surface area (Å²) in [7, 11) is 0. The predicted octanol–water partition coefficient (Wildman–Crippen LogP) is 4.63. The van der Waals surface area contributed by atoms with E-state index in [1.807, 2.05) is 13.8 Å². The fourth-order valence-corrected chi connectivity index (χ4v) is 5.15. The van der Waals surface area contributed by atoms with E-state index in [0.29, 0.717) is 12.0 Å². The molecule has 4 rings (SSSR count). The molecule has 0 bridgehead atoms. The number of fused-ring (bicyclic) bond motifs is 1. The molecule has 2 aliphatic rings. The Bertz CT molecular complexity index is 1120. The van der Waals surface area contributed by atoms with Crippen LogP contribution in [0.4, 0.5) is 0 Å². The van der Waals surface area contributed by atoms with E-state index < -0.39 is 23.2 Å². The number of carbonyl (C=O) groups is 3. The molecule has 0 radical (unpaired) electrons. The molecule has 1 fully saturated rings. The monoisotopic (exact) mass is 458 g/mol. The number of aromatic carboxylic acids is 1. The van der Waals surface area contributed by atoms with Crippen molar-refractivity contribution in [3.63, 3.8) is 0 Å². The molecule has 0 spiro atoms. The van der Waals surface area contributed by atoms with Crippen molar-refractivity contribution < 1.29 is 19.5 Å². The van der Waals surface area contributed by atoms with E-state index in [4.69, 9.17) is 23.2 Å². The quantitative estimate of drug-likeness (QED) is 0.514. The maximum atomic E-state index is 14.0. The molecule has 2 atom stereocenters. The molecular weight excluding hydrogens is 439 g/mol. The molecule has 2 unspecified atom stereocenters. The highest BCUT2D eigenvalue weighted by Gasteiger charge is 2.63. The molecule has 0 saturated heterocycles. The van der Waals surface area contributed by atoms with Crippen LogP contribution in [0.3, 0.4) is 0 Å². The standard InChI is InChI=1S/C23H20Cl2N2O4/c1-22(2)10-16-23(17(28)11-22,20(29)18-14(24)4-3-5-15(18)25)19(27-26-16)12-6-8-13(9-7-12)21(30)31/h3-9,16,26H,10-11H2,1-2H3,(H,30,31). The van der Waals surface area contributed by atoms with E-state index in [2.05, 4.69) is 10.5 Å². The summed E-state index contributed by atoms with van der Waals surface area (Å²) in [4.78, 5) is 38.9. The molecule has 1 heterocycles. The number of nitrogens with zero attached hydrogens (tertiary/aromatic N) is 1. The number of benzene rings is 2. The summed E-state index contributed by atoms with van der Waals surface area (Å²) in [6.07, 6.45) is 0.720. The van der Waals surface area contributed by atoms with Gasteiger partial charge in [-0.2, -0.15) is 5.10 Å². The highest BCUT2D eigenvalue weighted by Crippen LogP contribution is 2.50. The van der Waals surface area contributed by atoms with Crippen molar-refractivity contribution in [2.45, 2.75) is 32.7 Å². The third-order valence-corrected chi connectivity index (χ3v) is 6.65. The third kappa shape index (κ3) is 3.34. The first kappa shape index (κ1) is 21.5. The zero-order valence-corrected chi connectivity index (χ0v) is 18.4. The maximum absolute atomic E-state index is 14.0. The minimum absolute atomic E-state index is 0.0856. The molecule has 8 heteroatoms. The third-order valence-electron chi connectivity index (χ3n) is 6.02. The molecule has 31 heavy (non-hydrogen) atoms. The number of hydrogen-bond acceptors (Lipinski definition) is 5.